The Labute approximate surface area is 70.1 Å². The van der Waals surface area contributed by atoms with E-state index in [0.29, 0.717) is 5.56 Å². The van der Waals surface area contributed by atoms with Crippen LogP contribution in [-0.2, 0) is 4.79 Å². The summed E-state index contributed by atoms with van der Waals surface area (Å²) in [5.74, 6) is -0.635. The van der Waals surface area contributed by atoms with E-state index in [1.807, 2.05) is 6.07 Å². The van der Waals surface area contributed by atoms with Crippen LogP contribution < -0.4 is 5.73 Å². The third-order valence-electron chi connectivity index (χ3n) is 1.48. The Bertz CT molecular complexity index is 304. The maximum atomic E-state index is 10.7. The largest absolute Gasteiger partial charge is 0.515 e. The summed E-state index contributed by atoms with van der Waals surface area (Å²) >= 11 is 0. The number of nitrogens with two attached hydrogens (primary N) is 1. The molecule has 0 aliphatic heterocycles. The van der Waals surface area contributed by atoms with Gasteiger partial charge in [-0.2, -0.15) is 0 Å². The van der Waals surface area contributed by atoms with Gasteiger partial charge in [0.05, 0.1) is 11.8 Å². The van der Waals surface area contributed by atoms with E-state index >= 15 is 0 Å². The van der Waals surface area contributed by atoms with Crippen LogP contribution >= 0.6 is 0 Å². The van der Waals surface area contributed by atoms with Crippen molar-refractivity contribution < 1.29 is 9.90 Å². The van der Waals surface area contributed by atoms with E-state index in [2.05, 4.69) is 0 Å². The quantitative estimate of drug-likeness (QED) is 0.506. The predicted octanol–water partition coefficient (Wildman–Crippen LogP) is 1.07. The van der Waals surface area contributed by atoms with Gasteiger partial charge in [-0.25, -0.2) is 0 Å². The zero-order chi connectivity index (χ0) is 8.97. The molecule has 1 amide bonds. The molecule has 0 heterocycles. The maximum absolute atomic E-state index is 10.7. The molecule has 62 valence electrons. The Balaban J connectivity index is 3.05. The summed E-state index contributed by atoms with van der Waals surface area (Å²) in [5.41, 5.74) is 5.75. The number of benzene rings is 1. The molecule has 0 unspecified atom stereocenters. The molecule has 1 rings (SSSR count). The van der Waals surface area contributed by atoms with E-state index in [9.17, 15) is 4.79 Å². The lowest BCUT2D eigenvalue weighted by molar-refractivity contribution is -0.112. The number of carbonyl (C=O) groups is 1. The Morgan fingerprint density at radius 3 is 2.33 bits per heavy atom. The molecule has 3 N–H and O–H groups in total. The first-order valence-electron chi connectivity index (χ1n) is 3.45. The lowest BCUT2D eigenvalue weighted by Gasteiger charge is -1.99. The summed E-state index contributed by atoms with van der Waals surface area (Å²) in [6.45, 7) is 0. The van der Waals surface area contributed by atoms with Gasteiger partial charge in [-0.3, -0.25) is 4.79 Å². The van der Waals surface area contributed by atoms with Crippen molar-refractivity contribution in [2.24, 2.45) is 5.73 Å². The highest BCUT2D eigenvalue weighted by atomic mass is 16.2. The standard InChI is InChI=1S/C9H9NO2/c10-9(12)8(6-11)7-4-2-1-3-5-7/h1-6,11H,(H2,10,12)/b8-6+. The highest BCUT2D eigenvalue weighted by Crippen LogP contribution is 2.11. The average Bonchev–Trinajstić information content (AvgIpc) is 2.07. The molecule has 3 nitrogen and oxygen atoms in total. The third kappa shape index (κ3) is 1.63. The van der Waals surface area contributed by atoms with Crippen molar-refractivity contribution in [2.75, 3.05) is 0 Å². The first-order chi connectivity index (χ1) is 5.75. The molecule has 0 saturated heterocycles. The second-order valence-corrected chi connectivity index (χ2v) is 2.27. The Kier molecular flexibility index (Phi) is 2.48. The second kappa shape index (κ2) is 3.57. The molecule has 3 heteroatoms. The molecule has 0 saturated carbocycles. The van der Waals surface area contributed by atoms with Gasteiger partial charge in [-0.1, -0.05) is 30.3 Å². The molecule has 1 aromatic carbocycles. The minimum absolute atomic E-state index is 0.121. The summed E-state index contributed by atoms with van der Waals surface area (Å²) in [5, 5.41) is 8.69. The summed E-state index contributed by atoms with van der Waals surface area (Å²) in [6.07, 6.45) is 0.720. The van der Waals surface area contributed by atoms with Crippen molar-refractivity contribution >= 4 is 11.5 Å². The number of hydrogen-bond donors (Lipinski definition) is 2. The lowest BCUT2D eigenvalue weighted by atomic mass is 10.1. The molecule has 0 radical (unpaired) electrons. The molecule has 0 atom stereocenters. The lowest BCUT2D eigenvalue weighted by Crippen LogP contribution is -2.12. The Morgan fingerprint density at radius 1 is 1.33 bits per heavy atom. The van der Waals surface area contributed by atoms with Gasteiger partial charge < -0.3 is 10.8 Å². The van der Waals surface area contributed by atoms with Gasteiger partial charge in [-0.05, 0) is 5.56 Å². The second-order valence-electron chi connectivity index (χ2n) is 2.27. The summed E-state index contributed by atoms with van der Waals surface area (Å²) in [7, 11) is 0. The number of amides is 1. The summed E-state index contributed by atoms with van der Waals surface area (Å²) < 4.78 is 0. The molecule has 0 spiro atoms. The molecule has 0 bridgehead atoms. The fourth-order valence-corrected chi connectivity index (χ4v) is 0.898. The van der Waals surface area contributed by atoms with Crippen LogP contribution in [0.15, 0.2) is 36.6 Å². The van der Waals surface area contributed by atoms with E-state index in [0.717, 1.165) is 6.26 Å². The number of primary amides is 1. The zero-order valence-corrected chi connectivity index (χ0v) is 6.40. The van der Waals surface area contributed by atoms with Crippen LogP contribution in [0.2, 0.25) is 0 Å². The molecule has 0 aromatic heterocycles. The molecule has 1 aromatic rings. The van der Waals surface area contributed by atoms with Gasteiger partial charge in [0.25, 0.3) is 5.91 Å². The van der Waals surface area contributed by atoms with Crippen molar-refractivity contribution in [3.8, 4) is 0 Å². The number of aliphatic hydroxyl groups is 1. The molecule has 0 aliphatic rings. The first kappa shape index (κ1) is 8.33. The van der Waals surface area contributed by atoms with Crippen LogP contribution in [-0.4, -0.2) is 11.0 Å². The minimum Gasteiger partial charge on any atom is -0.515 e. The van der Waals surface area contributed by atoms with E-state index < -0.39 is 5.91 Å². The van der Waals surface area contributed by atoms with E-state index in [4.69, 9.17) is 10.8 Å². The molecule has 0 fully saturated rings. The van der Waals surface area contributed by atoms with Crippen molar-refractivity contribution in [1.29, 1.82) is 0 Å². The molecular weight excluding hydrogens is 154 g/mol. The van der Waals surface area contributed by atoms with E-state index in [1.54, 1.807) is 24.3 Å². The van der Waals surface area contributed by atoms with Crippen LogP contribution in [0.25, 0.3) is 5.57 Å². The monoisotopic (exact) mass is 163 g/mol. The Hall–Kier alpha value is -1.77. The van der Waals surface area contributed by atoms with Gasteiger partial charge in [0, 0.05) is 0 Å². The fourth-order valence-electron chi connectivity index (χ4n) is 0.898. The van der Waals surface area contributed by atoms with Gasteiger partial charge in [0.1, 0.15) is 0 Å². The number of rotatable bonds is 2. The van der Waals surface area contributed by atoms with Gasteiger partial charge in [-0.15, -0.1) is 0 Å². The van der Waals surface area contributed by atoms with Crippen LogP contribution in [0.4, 0.5) is 0 Å². The fraction of sp³-hybridized carbons (Fsp3) is 0. The predicted molar refractivity (Wildman–Crippen MR) is 46.2 cm³/mol. The third-order valence-corrected chi connectivity index (χ3v) is 1.48. The topological polar surface area (TPSA) is 63.3 Å². The minimum atomic E-state index is -0.635. The maximum Gasteiger partial charge on any atom is 0.252 e. The first-order valence-corrected chi connectivity index (χ1v) is 3.45. The van der Waals surface area contributed by atoms with E-state index in [-0.39, 0.29) is 5.57 Å². The normalized spacial score (nSPS) is 11.2. The number of hydrogen-bond acceptors (Lipinski definition) is 2. The van der Waals surface area contributed by atoms with Gasteiger partial charge in [0.15, 0.2) is 0 Å². The average molecular weight is 163 g/mol. The SMILES string of the molecule is NC(=O)/C(=C/O)c1ccccc1. The van der Waals surface area contributed by atoms with Crippen molar-refractivity contribution in [1.82, 2.24) is 0 Å². The highest BCUT2D eigenvalue weighted by molar-refractivity contribution is 6.18. The molecule has 12 heavy (non-hydrogen) atoms. The van der Waals surface area contributed by atoms with Crippen molar-refractivity contribution in [3.63, 3.8) is 0 Å². The number of aliphatic hydroxyl groups excluding tert-OH is 1. The number of carbonyl (C=O) groups excluding carboxylic acids is 1. The van der Waals surface area contributed by atoms with Crippen LogP contribution in [0.3, 0.4) is 0 Å². The summed E-state index contributed by atoms with van der Waals surface area (Å²) in [6, 6.07) is 8.75. The van der Waals surface area contributed by atoms with Crippen LogP contribution in [0, 0.1) is 0 Å². The van der Waals surface area contributed by atoms with Gasteiger partial charge in [0.2, 0.25) is 0 Å². The van der Waals surface area contributed by atoms with Crippen molar-refractivity contribution in [2.45, 2.75) is 0 Å². The highest BCUT2D eigenvalue weighted by Gasteiger charge is 2.06. The van der Waals surface area contributed by atoms with Crippen molar-refractivity contribution in [3.05, 3.63) is 42.2 Å². The summed E-state index contributed by atoms with van der Waals surface area (Å²) in [4.78, 5) is 10.7. The van der Waals surface area contributed by atoms with Gasteiger partial charge >= 0.3 is 0 Å². The van der Waals surface area contributed by atoms with Crippen LogP contribution in [0.1, 0.15) is 5.56 Å². The van der Waals surface area contributed by atoms with E-state index in [1.165, 1.54) is 0 Å². The smallest absolute Gasteiger partial charge is 0.252 e. The van der Waals surface area contributed by atoms with Crippen LogP contribution in [0.5, 0.6) is 0 Å². The molecule has 0 aliphatic carbocycles. The molecular formula is C9H9NO2. The zero-order valence-electron chi connectivity index (χ0n) is 6.40. The Morgan fingerprint density at radius 2 is 1.92 bits per heavy atom.